The summed E-state index contributed by atoms with van der Waals surface area (Å²) in [6.07, 6.45) is 2.05. The van der Waals surface area contributed by atoms with Crippen LogP contribution in [0.5, 0.6) is 5.75 Å². The van der Waals surface area contributed by atoms with E-state index < -0.39 is 5.91 Å². The van der Waals surface area contributed by atoms with Gasteiger partial charge in [0.2, 0.25) is 5.91 Å². The van der Waals surface area contributed by atoms with Crippen LogP contribution in [0.4, 0.5) is 5.69 Å². The van der Waals surface area contributed by atoms with Gasteiger partial charge in [-0.3, -0.25) is 9.59 Å². The zero-order valence-electron chi connectivity index (χ0n) is 10.5. The number of carbonyl (C=O) groups excluding carboxylic acids is 2. The van der Waals surface area contributed by atoms with Gasteiger partial charge in [-0.2, -0.15) is 0 Å². The molecule has 0 spiro atoms. The smallest absolute Gasteiger partial charge is 0.255 e. The maximum atomic E-state index is 11.5. The Morgan fingerprint density at radius 2 is 1.89 bits per heavy atom. The highest BCUT2D eigenvalue weighted by Crippen LogP contribution is 2.16. The molecule has 19 heavy (non-hydrogen) atoms. The zero-order valence-corrected chi connectivity index (χ0v) is 11.3. The van der Waals surface area contributed by atoms with Crippen molar-refractivity contribution in [1.82, 2.24) is 0 Å². The third-order valence-electron chi connectivity index (χ3n) is 2.31. The summed E-state index contributed by atoms with van der Waals surface area (Å²) in [5.41, 5.74) is 5.65. The summed E-state index contributed by atoms with van der Waals surface area (Å²) in [7, 11) is 0. The van der Waals surface area contributed by atoms with E-state index in [1.54, 1.807) is 24.3 Å². The van der Waals surface area contributed by atoms with Crippen LogP contribution in [0.25, 0.3) is 0 Å². The molecule has 104 valence electrons. The van der Waals surface area contributed by atoms with Crippen molar-refractivity contribution in [3.05, 3.63) is 24.3 Å². The predicted molar refractivity (Wildman–Crippen MR) is 74.3 cm³/mol. The Bertz CT molecular complexity index is 420. The molecule has 1 aromatic carbocycles. The van der Waals surface area contributed by atoms with Crippen LogP contribution in [0.1, 0.15) is 19.3 Å². The van der Waals surface area contributed by atoms with Crippen LogP contribution in [0.15, 0.2) is 24.3 Å². The molecule has 0 radical (unpaired) electrons. The van der Waals surface area contributed by atoms with E-state index >= 15 is 0 Å². The van der Waals surface area contributed by atoms with E-state index in [1.165, 1.54) is 0 Å². The molecule has 0 fully saturated rings. The molecule has 1 aromatic rings. The van der Waals surface area contributed by atoms with Crippen molar-refractivity contribution in [3.8, 4) is 5.75 Å². The average Bonchev–Trinajstić information content (AvgIpc) is 2.38. The molecule has 6 heteroatoms. The minimum Gasteiger partial charge on any atom is -0.484 e. The third kappa shape index (κ3) is 6.67. The Labute approximate surface area is 117 Å². The maximum Gasteiger partial charge on any atom is 0.255 e. The Morgan fingerprint density at radius 3 is 2.47 bits per heavy atom. The number of ether oxygens (including phenoxy) is 1. The summed E-state index contributed by atoms with van der Waals surface area (Å²) in [6, 6.07) is 6.74. The van der Waals surface area contributed by atoms with Crippen molar-refractivity contribution in [2.24, 2.45) is 5.73 Å². The number of amides is 2. The van der Waals surface area contributed by atoms with E-state index in [1.807, 2.05) is 0 Å². The molecule has 5 nitrogen and oxygen atoms in total. The summed E-state index contributed by atoms with van der Waals surface area (Å²) in [6.45, 7) is -0.163. The number of benzene rings is 1. The molecule has 0 heterocycles. The van der Waals surface area contributed by atoms with Gasteiger partial charge in [-0.1, -0.05) is 0 Å². The highest BCUT2D eigenvalue weighted by Gasteiger charge is 2.03. The first kappa shape index (κ1) is 15.3. The quantitative estimate of drug-likeness (QED) is 0.565. The van der Waals surface area contributed by atoms with E-state index in [4.69, 9.17) is 22.1 Å². The lowest BCUT2D eigenvalue weighted by Crippen LogP contribution is -2.20. The van der Waals surface area contributed by atoms with Crippen molar-refractivity contribution in [2.45, 2.75) is 19.3 Å². The molecule has 0 aliphatic carbocycles. The lowest BCUT2D eigenvalue weighted by Gasteiger charge is -2.07. The largest absolute Gasteiger partial charge is 0.484 e. The molecule has 1 rings (SSSR count). The molecule has 3 N–H and O–H groups in total. The van der Waals surface area contributed by atoms with E-state index in [-0.39, 0.29) is 12.5 Å². The van der Waals surface area contributed by atoms with Gasteiger partial charge in [-0.05, 0) is 37.1 Å². The summed E-state index contributed by atoms with van der Waals surface area (Å²) in [5.74, 6) is 0.519. The van der Waals surface area contributed by atoms with Crippen molar-refractivity contribution in [2.75, 3.05) is 17.8 Å². The fraction of sp³-hybridized carbons (Fsp3) is 0.385. The second-order valence-corrected chi connectivity index (χ2v) is 4.35. The molecule has 0 saturated heterocycles. The lowest BCUT2D eigenvalue weighted by atomic mass is 10.2. The van der Waals surface area contributed by atoms with Gasteiger partial charge < -0.3 is 15.8 Å². The van der Waals surface area contributed by atoms with Crippen LogP contribution in [0, 0.1) is 0 Å². The molecule has 0 aliphatic rings. The number of unbranched alkanes of at least 4 members (excludes halogenated alkanes) is 1. The number of primary amides is 1. The van der Waals surface area contributed by atoms with E-state index in [2.05, 4.69) is 5.32 Å². The van der Waals surface area contributed by atoms with Gasteiger partial charge in [0.05, 0.1) is 0 Å². The molecule has 0 unspecified atom stereocenters. The molecule has 0 aromatic heterocycles. The number of alkyl halides is 1. The van der Waals surface area contributed by atoms with Crippen molar-refractivity contribution < 1.29 is 14.3 Å². The summed E-state index contributed by atoms with van der Waals surface area (Å²) >= 11 is 5.54. The summed E-state index contributed by atoms with van der Waals surface area (Å²) in [5, 5.41) is 2.76. The third-order valence-corrected chi connectivity index (χ3v) is 2.57. The Balaban J connectivity index is 2.39. The average molecular weight is 285 g/mol. The topological polar surface area (TPSA) is 81.4 Å². The van der Waals surface area contributed by atoms with E-state index in [0.29, 0.717) is 23.7 Å². The normalized spacial score (nSPS) is 9.95. The van der Waals surface area contributed by atoms with Gasteiger partial charge in [0.15, 0.2) is 6.61 Å². The number of hydrogen-bond donors (Lipinski definition) is 2. The monoisotopic (exact) mass is 284 g/mol. The Hall–Kier alpha value is -1.75. The van der Waals surface area contributed by atoms with Crippen LogP contribution in [-0.4, -0.2) is 24.3 Å². The van der Waals surface area contributed by atoms with E-state index in [9.17, 15) is 9.59 Å². The fourth-order valence-electron chi connectivity index (χ4n) is 1.39. The lowest BCUT2D eigenvalue weighted by molar-refractivity contribution is -0.120. The van der Waals surface area contributed by atoms with Gasteiger partial charge in [0.25, 0.3) is 5.91 Å². The number of nitrogens with two attached hydrogens (primary N) is 1. The molecule has 0 bridgehead atoms. The highest BCUT2D eigenvalue weighted by molar-refractivity contribution is 6.17. The second kappa shape index (κ2) is 8.37. The number of hydrogen-bond acceptors (Lipinski definition) is 3. The van der Waals surface area contributed by atoms with Crippen molar-refractivity contribution in [3.63, 3.8) is 0 Å². The van der Waals surface area contributed by atoms with Gasteiger partial charge >= 0.3 is 0 Å². The van der Waals surface area contributed by atoms with Gasteiger partial charge in [-0.15, -0.1) is 11.6 Å². The Kier molecular flexibility index (Phi) is 6.74. The molecular formula is C13H17ClN2O3. The highest BCUT2D eigenvalue weighted by atomic mass is 35.5. The van der Waals surface area contributed by atoms with E-state index in [0.717, 1.165) is 12.8 Å². The number of nitrogens with one attached hydrogen (secondary N) is 1. The zero-order chi connectivity index (χ0) is 14.1. The maximum absolute atomic E-state index is 11.5. The number of halogens is 1. The predicted octanol–water partition coefficient (Wildman–Crippen LogP) is 1.90. The van der Waals surface area contributed by atoms with Crippen LogP contribution in [0.3, 0.4) is 0 Å². The summed E-state index contributed by atoms with van der Waals surface area (Å²) in [4.78, 5) is 22.1. The second-order valence-electron chi connectivity index (χ2n) is 3.97. The number of carbonyl (C=O) groups is 2. The van der Waals surface area contributed by atoms with Gasteiger partial charge in [0, 0.05) is 18.0 Å². The minimum atomic E-state index is -0.531. The molecule has 0 atom stereocenters. The standard InChI is InChI=1S/C13H17ClN2O3/c14-8-2-1-3-13(18)16-10-4-6-11(7-5-10)19-9-12(15)17/h4-7H,1-3,8-9H2,(H2,15,17)(H,16,18). The number of rotatable bonds is 8. The molecule has 0 aliphatic heterocycles. The summed E-state index contributed by atoms with van der Waals surface area (Å²) < 4.78 is 5.10. The minimum absolute atomic E-state index is 0.0454. The molecule has 0 saturated carbocycles. The first-order valence-corrected chi connectivity index (χ1v) is 6.52. The van der Waals surface area contributed by atoms with Crippen LogP contribution in [0.2, 0.25) is 0 Å². The SMILES string of the molecule is NC(=O)COc1ccc(NC(=O)CCCCCl)cc1. The van der Waals surface area contributed by atoms with Gasteiger partial charge in [0.1, 0.15) is 5.75 Å². The first-order valence-electron chi connectivity index (χ1n) is 5.99. The van der Waals surface area contributed by atoms with Crippen molar-refractivity contribution in [1.29, 1.82) is 0 Å². The Morgan fingerprint density at radius 1 is 1.21 bits per heavy atom. The van der Waals surface area contributed by atoms with Crippen LogP contribution in [-0.2, 0) is 9.59 Å². The fourth-order valence-corrected chi connectivity index (χ4v) is 1.58. The molecular weight excluding hydrogens is 268 g/mol. The van der Waals surface area contributed by atoms with Crippen LogP contribution >= 0.6 is 11.6 Å². The first-order chi connectivity index (χ1) is 9.11. The van der Waals surface area contributed by atoms with Gasteiger partial charge in [-0.25, -0.2) is 0 Å². The molecule has 2 amide bonds. The van der Waals surface area contributed by atoms with Crippen molar-refractivity contribution >= 4 is 29.1 Å². The van der Waals surface area contributed by atoms with Crippen LogP contribution < -0.4 is 15.8 Å². The number of anilines is 1.